The molecule has 0 spiro atoms. The highest BCUT2D eigenvalue weighted by Gasteiger charge is 2.27. The van der Waals surface area contributed by atoms with E-state index >= 15 is 0 Å². The van der Waals surface area contributed by atoms with Gasteiger partial charge in [0, 0.05) is 6.42 Å². The zero-order valence-electron chi connectivity index (χ0n) is 14.1. The van der Waals surface area contributed by atoms with Crippen LogP contribution in [0.1, 0.15) is 25.8 Å². The Morgan fingerprint density at radius 1 is 1.08 bits per heavy atom. The van der Waals surface area contributed by atoms with Crippen LogP contribution < -0.4 is 10.6 Å². The number of hydrogen-bond acceptors (Lipinski definition) is 4. The highest BCUT2D eigenvalue weighted by molar-refractivity contribution is 5.89. The van der Waals surface area contributed by atoms with Crippen molar-refractivity contribution >= 4 is 18.0 Å². The molecule has 0 aliphatic carbocycles. The van der Waals surface area contributed by atoms with Gasteiger partial charge < -0.3 is 20.5 Å². The Morgan fingerprint density at radius 3 is 2.21 bits per heavy atom. The second kappa shape index (κ2) is 9.54. The fraction of sp³-hybridized carbons (Fsp3) is 0.471. The number of amides is 2. The molecule has 1 aromatic rings. The average molecular weight is 336 g/mol. The van der Waals surface area contributed by atoms with E-state index in [2.05, 4.69) is 15.4 Å². The summed E-state index contributed by atoms with van der Waals surface area (Å²) in [5, 5.41) is 14.2. The Morgan fingerprint density at radius 2 is 1.71 bits per heavy atom. The second-order valence-electron chi connectivity index (χ2n) is 5.91. The van der Waals surface area contributed by atoms with Gasteiger partial charge in [-0.1, -0.05) is 44.2 Å². The van der Waals surface area contributed by atoms with Gasteiger partial charge in [-0.05, 0) is 17.9 Å². The highest BCUT2D eigenvalue weighted by atomic mass is 16.5. The summed E-state index contributed by atoms with van der Waals surface area (Å²) in [4.78, 5) is 35.2. The van der Waals surface area contributed by atoms with Gasteiger partial charge in [-0.3, -0.25) is 4.79 Å². The summed E-state index contributed by atoms with van der Waals surface area (Å²) in [6, 6.07) is 7.20. The molecule has 7 heteroatoms. The number of ether oxygens (including phenoxy) is 1. The molecule has 3 N–H and O–H groups in total. The highest BCUT2D eigenvalue weighted by Crippen LogP contribution is 2.08. The molecule has 1 rings (SSSR count). The van der Waals surface area contributed by atoms with E-state index in [4.69, 9.17) is 0 Å². The van der Waals surface area contributed by atoms with Gasteiger partial charge in [0.1, 0.15) is 12.1 Å². The van der Waals surface area contributed by atoms with Crippen molar-refractivity contribution in [3.63, 3.8) is 0 Å². The molecule has 0 fully saturated rings. The molecule has 0 saturated heterocycles. The van der Waals surface area contributed by atoms with E-state index in [-0.39, 0.29) is 12.3 Å². The first-order valence-corrected chi connectivity index (χ1v) is 7.75. The fourth-order valence-corrected chi connectivity index (χ4v) is 2.23. The lowest BCUT2D eigenvalue weighted by molar-refractivity contribution is -0.142. The number of alkyl carbamates (subject to hydrolysis) is 1. The molecule has 0 aliphatic rings. The van der Waals surface area contributed by atoms with E-state index in [9.17, 15) is 19.5 Å². The monoisotopic (exact) mass is 336 g/mol. The van der Waals surface area contributed by atoms with Crippen LogP contribution in [0.25, 0.3) is 0 Å². The molecule has 0 heterocycles. The molecule has 2 amide bonds. The summed E-state index contributed by atoms with van der Waals surface area (Å²) in [7, 11) is 1.20. The molecule has 0 saturated carbocycles. The van der Waals surface area contributed by atoms with Crippen molar-refractivity contribution in [2.24, 2.45) is 5.92 Å². The molecule has 0 aromatic heterocycles. The molecule has 7 nitrogen and oxygen atoms in total. The molecule has 1 aromatic carbocycles. The smallest absolute Gasteiger partial charge is 0.407 e. The van der Waals surface area contributed by atoms with E-state index in [1.165, 1.54) is 7.11 Å². The third kappa shape index (κ3) is 6.68. The summed E-state index contributed by atoms with van der Waals surface area (Å²) in [6.07, 6.45) is -0.213. The number of carboxylic acids is 1. The van der Waals surface area contributed by atoms with Crippen LogP contribution in [0.3, 0.4) is 0 Å². The number of benzene rings is 1. The number of methoxy groups -OCH3 is 1. The van der Waals surface area contributed by atoms with E-state index in [1.807, 2.05) is 44.2 Å². The van der Waals surface area contributed by atoms with Crippen LogP contribution in [-0.2, 0) is 20.7 Å². The van der Waals surface area contributed by atoms with E-state index in [1.54, 1.807) is 0 Å². The summed E-state index contributed by atoms with van der Waals surface area (Å²) in [5.41, 5.74) is 0.838. The number of nitrogens with one attached hydrogen (secondary N) is 2. The third-order valence-corrected chi connectivity index (χ3v) is 3.40. The predicted molar refractivity (Wildman–Crippen MR) is 88.5 cm³/mol. The molecule has 0 radical (unpaired) electrons. The van der Waals surface area contributed by atoms with Gasteiger partial charge in [0.2, 0.25) is 5.91 Å². The van der Waals surface area contributed by atoms with Gasteiger partial charge in [0.15, 0.2) is 0 Å². The third-order valence-electron chi connectivity index (χ3n) is 3.40. The molecular weight excluding hydrogens is 312 g/mol. The quantitative estimate of drug-likeness (QED) is 0.668. The predicted octanol–water partition coefficient (Wildman–Crippen LogP) is 1.57. The summed E-state index contributed by atoms with van der Waals surface area (Å²) in [6.45, 7) is 3.74. The summed E-state index contributed by atoms with van der Waals surface area (Å²) in [5.74, 6) is -1.56. The zero-order chi connectivity index (χ0) is 18.1. The number of rotatable bonds is 8. The number of carbonyl (C=O) groups excluding carboxylic acids is 2. The molecular formula is C17H24N2O5. The number of hydrogen-bond donors (Lipinski definition) is 3. The standard InChI is InChI=1S/C17H24N2O5/c1-11(2)9-14(16(21)22)18-15(20)13(19-17(23)24-3)10-12-7-5-4-6-8-12/h4-8,11,13-14H,9-10H2,1-3H3,(H,18,20)(H,19,23)(H,21,22)/t13-,14-/m0/s1. The maximum Gasteiger partial charge on any atom is 0.407 e. The second-order valence-corrected chi connectivity index (χ2v) is 5.91. The van der Waals surface area contributed by atoms with Gasteiger partial charge in [0.25, 0.3) is 0 Å². The Kier molecular flexibility index (Phi) is 7.74. The maximum absolute atomic E-state index is 12.5. The van der Waals surface area contributed by atoms with Gasteiger partial charge >= 0.3 is 12.1 Å². The lowest BCUT2D eigenvalue weighted by Gasteiger charge is -2.22. The minimum absolute atomic E-state index is 0.104. The van der Waals surface area contributed by atoms with Crippen LogP contribution in [0.2, 0.25) is 0 Å². The minimum Gasteiger partial charge on any atom is -0.480 e. The van der Waals surface area contributed by atoms with Gasteiger partial charge in [0.05, 0.1) is 7.11 Å². The van der Waals surface area contributed by atoms with Gasteiger partial charge in [-0.15, -0.1) is 0 Å². The van der Waals surface area contributed by atoms with Gasteiger partial charge in [-0.2, -0.15) is 0 Å². The van der Waals surface area contributed by atoms with Crippen LogP contribution >= 0.6 is 0 Å². The Hall–Kier alpha value is -2.57. The normalized spacial score (nSPS) is 13.0. The van der Waals surface area contributed by atoms with Crippen LogP contribution in [0.5, 0.6) is 0 Å². The van der Waals surface area contributed by atoms with E-state index in [0.717, 1.165) is 5.56 Å². The van der Waals surface area contributed by atoms with Crippen LogP contribution in [0.15, 0.2) is 30.3 Å². The lowest BCUT2D eigenvalue weighted by Crippen LogP contribution is -2.52. The van der Waals surface area contributed by atoms with Crippen molar-refractivity contribution in [1.29, 1.82) is 0 Å². The molecule has 132 valence electrons. The molecule has 0 unspecified atom stereocenters. The lowest BCUT2D eigenvalue weighted by atomic mass is 10.0. The average Bonchev–Trinajstić information content (AvgIpc) is 2.53. The van der Waals surface area contributed by atoms with Crippen LogP contribution in [0, 0.1) is 5.92 Å². The molecule has 24 heavy (non-hydrogen) atoms. The van der Waals surface area contributed by atoms with Crippen molar-refractivity contribution in [3.8, 4) is 0 Å². The largest absolute Gasteiger partial charge is 0.480 e. The van der Waals surface area contributed by atoms with Crippen molar-refractivity contribution in [2.75, 3.05) is 7.11 Å². The number of carboxylic acid groups (broad SMARTS) is 1. The SMILES string of the molecule is COC(=O)N[C@@H](Cc1ccccc1)C(=O)N[C@@H](CC(C)C)C(=O)O. The Balaban J connectivity index is 2.85. The fourth-order valence-electron chi connectivity index (χ4n) is 2.23. The Bertz CT molecular complexity index is 559. The molecule has 0 aliphatic heterocycles. The number of carbonyl (C=O) groups is 3. The topological polar surface area (TPSA) is 105 Å². The maximum atomic E-state index is 12.5. The van der Waals surface area contributed by atoms with Crippen LogP contribution in [-0.4, -0.2) is 42.3 Å². The minimum atomic E-state index is -1.10. The first-order chi connectivity index (χ1) is 11.3. The summed E-state index contributed by atoms with van der Waals surface area (Å²) < 4.78 is 4.54. The van der Waals surface area contributed by atoms with E-state index in [0.29, 0.717) is 6.42 Å². The van der Waals surface area contributed by atoms with Crippen molar-refractivity contribution in [3.05, 3.63) is 35.9 Å². The van der Waals surface area contributed by atoms with Crippen molar-refractivity contribution < 1.29 is 24.2 Å². The first-order valence-electron chi connectivity index (χ1n) is 7.75. The summed E-state index contributed by atoms with van der Waals surface area (Å²) >= 11 is 0. The van der Waals surface area contributed by atoms with Crippen LogP contribution in [0.4, 0.5) is 4.79 Å². The van der Waals surface area contributed by atoms with E-state index < -0.39 is 30.1 Å². The Labute approximate surface area is 141 Å². The molecule has 2 atom stereocenters. The van der Waals surface area contributed by atoms with Gasteiger partial charge in [-0.25, -0.2) is 9.59 Å². The zero-order valence-corrected chi connectivity index (χ0v) is 14.1. The molecule has 0 bridgehead atoms. The number of aliphatic carboxylic acids is 1. The van der Waals surface area contributed by atoms with Crippen molar-refractivity contribution in [1.82, 2.24) is 10.6 Å². The van der Waals surface area contributed by atoms with Crippen molar-refractivity contribution in [2.45, 2.75) is 38.8 Å². The first kappa shape index (κ1) is 19.5.